The van der Waals surface area contributed by atoms with Crippen molar-refractivity contribution < 1.29 is 0 Å². The van der Waals surface area contributed by atoms with E-state index in [9.17, 15) is 0 Å². The topological polar surface area (TPSA) is 38.4 Å². The lowest BCUT2D eigenvalue weighted by Crippen LogP contribution is -1.95. The van der Waals surface area contributed by atoms with E-state index in [0.29, 0.717) is 0 Å². The Hall–Kier alpha value is -1.05. The summed E-state index contributed by atoms with van der Waals surface area (Å²) in [6.45, 7) is 7.90. The zero-order chi connectivity index (χ0) is 9.56. The van der Waals surface area contributed by atoms with Gasteiger partial charge >= 0.3 is 0 Å². The van der Waals surface area contributed by atoms with Gasteiger partial charge in [-0.25, -0.2) is 0 Å². The number of hydrogen-bond donors (Lipinski definition) is 1. The van der Waals surface area contributed by atoms with Gasteiger partial charge in [-0.2, -0.15) is 0 Å². The van der Waals surface area contributed by atoms with Gasteiger partial charge in [-0.05, 0) is 33.3 Å². The fourth-order valence-corrected chi connectivity index (χ4v) is 0.981. The molecule has 68 valence electrons. The van der Waals surface area contributed by atoms with E-state index >= 15 is 0 Å². The van der Waals surface area contributed by atoms with Crippen LogP contribution in [0.1, 0.15) is 34.1 Å². The molecule has 0 fully saturated rings. The highest BCUT2D eigenvalue weighted by Crippen LogP contribution is 1.98. The maximum absolute atomic E-state index is 5.50. The SMILES string of the molecule is CC/C=C(C)/N=C(C)/C=C(\C)N. The first kappa shape index (κ1) is 11.0. The molecule has 0 aromatic carbocycles. The third-order valence-electron chi connectivity index (χ3n) is 1.29. The maximum Gasteiger partial charge on any atom is 0.0392 e. The molecule has 0 aliphatic carbocycles. The summed E-state index contributed by atoms with van der Waals surface area (Å²) in [7, 11) is 0. The Labute approximate surface area is 74.9 Å². The van der Waals surface area contributed by atoms with E-state index in [0.717, 1.165) is 23.5 Å². The quantitative estimate of drug-likeness (QED) is 0.643. The molecule has 0 amide bonds. The van der Waals surface area contributed by atoms with Gasteiger partial charge in [0.25, 0.3) is 0 Å². The summed E-state index contributed by atoms with van der Waals surface area (Å²) in [4.78, 5) is 4.33. The highest BCUT2D eigenvalue weighted by Gasteiger charge is 1.86. The van der Waals surface area contributed by atoms with E-state index in [-0.39, 0.29) is 0 Å². The fourth-order valence-electron chi connectivity index (χ4n) is 0.981. The van der Waals surface area contributed by atoms with Crippen molar-refractivity contribution in [1.82, 2.24) is 0 Å². The van der Waals surface area contributed by atoms with Crippen LogP contribution >= 0.6 is 0 Å². The second kappa shape index (κ2) is 5.58. The predicted molar refractivity (Wildman–Crippen MR) is 55.1 cm³/mol. The van der Waals surface area contributed by atoms with Crippen molar-refractivity contribution in [3.05, 3.63) is 23.5 Å². The Morgan fingerprint density at radius 2 is 1.92 bits per heavy atom. The first-order valence-corrected chi connectivity index (χ1v) is 4.22. The lowest BCUT2D eigenvalue weighted by molar-refractivity contribution is 1.15. The van der Waals surface area contributed by atoms with Crippen molar-refractivity contribution in [2.24, 2.45) is 10.7 Å². The van der Waals surface area contributed by atoms with Crippen molar-refractivity contribution in [2.45, 2.75) is 34.1 Å². The van der Waals surface area contributed by atoms with Gasteiger partial charge in [0, 0.05) is 17.1 Å². The minimum atomic E-state index is 0.792. The third kappa shape index (κ3) is 5.71. The summed E-state index contributed by atoms with van der Waals surface area (Å²) < 4.78 is 0. The van der Waals surface area contributed by atoms with Crippen molar-refractivity contribution in [3.8, 4) is 0 Å². The van der Waals surface area contributed by atoms with Crippen molar-refractivity contribution in [1.29, 1.82) is 0 Å². The smallest absolute Gasteiger partial charge is 0.0392 e. The van der Waals surface area contributed by atoms with Gasteiger partial charge in [0.1, 0.15) is 0 Å². The molecule has 0 saturated heterocycles. The van der Waals surface area contributed by atoms with E-state index in [1.54, 1.807) is 0 Å². The van der Waals surface area contributed by atoms with E-state index in [1.807, 2.05) is 26.8 Å². The standard InChI is InChI=1S/C10H18N2/c1-5-6-9(3)12-10(4)7-8(2)11/h6-7H,5,11H2,1-4H3/b8-7+,9-6+,12-10+. The molecule has 0 aromatic heterocycles. The van der Waals surface area contributed by atoms with Crippen molar-refractivity contribution in [3.63, 3.8) is 0 Å². The number of rotatable bonds is 3. The lowest BCUT2D eigenvalue weighted by Gasteiger charge is -1.95. The van der Waals surface area contributed by atoms with Gasteiger partial charge < -0.3 is 5.73 Å². The largest absolute Gasteiger partial charge is 0.402 e. The predicted octanol–water partition coefficient (Wildman–Crippen LogP) is 2.62. The first-order chi connectivity index (χ1) is 5.56. The summed E-state index contributed by atoms with van der Waals surface area (Å²) in [6.07, 6.45) is 4.98. The fraction of sp³-hybridized carbons (Fsp3) is 0.500. The normalized spacial score (nSPS) is 15.2. The van der Waals surface area contributed by atoms with Gasteiger partial charge in [-0.3, -0.25) is 4.99 Å². The van der Waals surface area contributed by atoms with Gasteiger partial charge in [-0.1, -0.05) is 13.0 Å². The molecule has 0 aromatic rings. The number of nitrogens with zero attached hydrogens (tertiary/aromatic N) is 1. The number of nitrogens with two attached hydrogens (primary N) is 1. The number of aliphatic imine (C=N–C) groups is 1. The average molecular weight is 166 g/mol. The molecule has 0 radical (unpaired) electrons. The molecule has 0 aliphatic heterocycles. The Kier molecular flexibility index (Phi) is 5.09. The minimum absolute atomic E-state index is 0.792. The average Bonchev–Trinajstić information content (AvgIpc) is 1.84. The Bertz CT molecular complexity index is 218. The summed E-state index contributed by atoms with van der Waals surface area (Å²) in [5, 5.41) is 0. The second-order valence-corrected chi connectivity index (χ2v) is 2.90. The Balaban J connectivity index is 4.36. The lowest BCUT2D eigenvalue weighted by atomic mass is 10.3. The molecule has 0 saturated carbocycles. The Morgan fingerprint density at radius 1 is 1.33 bits per heavy atom. The maximum atomic E-state index is 5.50. The summed E-state index contributed by atoms with van der Waals surface area (Å²) in [5.41, 5.74) is 8.30. The molecular formula is C10H18N2. The molecule has 0 heterocycles. The van der Waals surface area contributed by atoms with Crippen LogP contribution < -0.4 is 5.73 Å². The van der Waals surface area contributed by atoms with Crippen LogP contribution in [0.25, 0.3) is 0 Å². The van der Waals surface area contributed by atoms with Crippen molar-refractivity contribution in [2.75, 3.05) is 0 Å². The van der Waals surface area contributed by atoms with E-state index < -0.39 is 0 Å². The highest BCUT2D eigenvalue weighted by molar-refractivity contribution is 5.93. The summed E-state index contributed by atoms with van der Waals surface area (Å²) in [5.74, 6) is 0. The zero-order valence-electron chi connectivity index (χ0n) is 8.39. The molecule has 0 spiro atoms. The second-order valence-electron chi connectivity index (χ2n) is 2.90. The molecule has 0 rings (SSSR count). The van der Waals surface area contributed by atoms with E-state index in [1.165, 1.54) is 0 Å². The third-order valence-corrected chi connectivity index (χ3v) is 1.29. The molecule has 0 bridgehead atoms. The monoisotopic (exact) mass is 166 g/mol. The van der Waals surface area contributed by atoms with Gasteiger partial charge in [0.2, 0.25) is 0 Å². The molecule has 2 nitrogen and oxygen atoms in total. The molecule has 0 aliphatic rings. The van der Waals surface area contributed by atoms with Crippen LogP contribution in [0.2, 0.25) is 0 Å². The summed E-state index contributed by atoms with van der Waals surface area (Å²) >= 11 is 0. The zero-order valence-corrected chi connectivity index (χ0v) is 8.39. The first-order valence-electron chi connectivity index (χ1n) is 4.22. The minimum Gasteiger partial charge on any atom is -0.402 e. The molecule has 12 heavy (non-hydrogen) atoms. The van der Waals surface area contributed by atoms with Crippen LogP contribution in [0.5, 0.6) is 0 Å². The molecule has 2 N–H and O–H groups in total. The molecule has 0 unspecified atom stereocenters. The Morgan fingerprint density at radius 3 is 2.33 bits per heavy atom. The van der Waals surface area contributed by atoms with Crippen LogP contribution in [-0.2, 0) is 0 Å². The summed E-state index contributed by atoms with van der Waals surface area (Å²) in [6, 6.07) is 0. The van der Waals surface area contributed by atoms with Gasteiger partial charge in [0.15, 0.2) is 0 Å². The van der Waals surface area contributed by atoms with Crippen LogP contribution in [0.15, 0.2) is 28.5 Å². The molecule has 0 atom stereocenters. The van der Waals surface area contributed by atoms with Crippen LogP contribution in [0.4, 0.5) is 0 Å². The number of hydrogen-bond acceptors (Lipinski definition) is 2. The molecule has 2 heteroatoms. The highest BCUT2D eigenvalue weighted by atomic mass is 14.7. The molecular weight excluding hydrogens is 148 g/mol. The number of allylic oxidation sites excluding steroid dienone is 4. The van der Waals surface area contributed by atoms with Gasteiger partial charge in [0.05, 0.1) is 0 Å². The van der Waals surface area contributed by atoms with Crippen LogP contribution in [0.3, 0.4) is 0 Å². The van der Waals surface area contributed by atoms with E-state index in [2.05, 4.69) is 18.0 Å². The van der Waals surface area contributed by atoms with Crippen LogP contribution in [0, 0.1) is 0 Å². The van der Waals surface area contributed by atoms with Gasteiger partial charge in [-0.15, -0.1) is 0 Å². The van der Waals surface area contributed by atoms with Crippen LogP contribution in [-0.4, -0.2) is 5.71 Å². The van der Waals surface area contributed by atoms with E-state index in [4.69, 9.17) is 5.73 Å². The van der Waals surface area contributed by atoms with Crippen molar-refractivity contribution >= 4 is 5.71 Å².